The van der Waals surface area contributed by atoms with E-state index in [-0.39, 0.29) is 12.7 Å². The number of hydrogen-bond donors (Lipinski definition) is 0. The number of carbonyl (C=O) groups is 1. The number of ether oxygens (including phenoxy) is 2. The second-order valence-corrected chi connectivity index (χ2v) is 8.41. The van der Waals surface area contributed by atoms with Crippen LogP contribution in [0.4, 0.5) is 0 Å². The summed E-state index contributed by atoms with van der Waals surface area (Å²) in [4.78, 5) is 21.3. The molecule has 0 unspecified atom stereocenters. The van der Waals surface area contributed by atoms with Crippen LogP contribution in [-0.2, 0) is 17.8 Å². The largest absolute Gasteiger partial charge is 0.454 e. The van der Waals surface area contributed by atoms with Crippen molar-refractivity contribution in [1.29, 1.82) is 0 Å². The summed E-state index contributed by atoms with van der Waals surface area (Å²) in [5.41, 5.74) is 2.10. The molecule has 5 rings (SSSR count). The number of rotatable bonds is 6. The third kappa shape index (κ3) is 4.74. The molecule has 1 aromatic heterocycles. The Balaban J connectivity index is 1.08. The number of carbonyl (C=O) groups excluding carboxylic acids is 1. The van der Waals surface area contributed by atoms with Crippen molar-refractivity contribution in [2.75, 3.05) is 33.0 Å². The van der Waals surface area contributed by atoms with Gasteiger partial charge >= 0.3 is 0 Å². The summed E-state index contributed by atoms with van der Waals surface area (Å²) in [7, 11) is 0. The molecule has 3 aromatic rings. The molecule has 2 aliphatic heterocycles. The van der Waals surface area contributed by atoms with Crippen LogP contribution in [-0.4, -0.2) is 53.7 Å². The van der Waals surface area contributed by atoms with Crippen molar-refractivity contribution in [3.63, 3.8) is 0 Å². The lowest BCUT2D eigenvalue weighted by Gasteiger charge is -2.34. The predicted molar refractivity (Wildman–Crippen MR) is 120 cm³/mol. The third-order valence-corrected chi connectivity index (χ3v) is 6.06. The van der Waals surface area contributed by atoms with E-state index >= 15 is 0 Å². The van der Waals surface area contributed by atoms with E-state index in [1.54, 1.807) is 6.20 Å². The normalized spacial score (nSPS) is 15.8. The molecule has 0 atom stereocenters. The van der Waals surface area contributed by atoms with Gasteiger partial charge in [0.25, 0.3) is 0 Å². The van der Waals surface area contributed by atoms with Crippen molar-refractivity contribution < 1.29 is 18.7 Å². The lowest BCUT2D eigenvalue weighted by atomic mass is 10.1. The lowest BCUT2D eigenvalue weighted by molar-refractivity contribution is -0.133. The Morgan fingerprint density at radius 2 is 1.78 bits per heavy atom. The lowest BCUT2D eigenvalue weighted by Crippen LogP contribution is -2.48. The Labute approximate surface area is 191 Å². The molecule has 8 heteroatoms. The fraction of sp³-hybridized carbons (Fsp3) is 0.333. The van der Waals surface area contributed by atoms with Gasteiger partial charge in [-0.25, -0.2) is 4.98 Å². The molecule has 0 aliphatic carbocycles. The van der Waals surface area contributed by atoms with E-state index in [9.17, 15) is 4.79 Å². The number of piperazine rings is 1. The van der Waals surface area contributed by atoms with Crippen molar-refractivity contribution in [1.82, 2.24) is 14.8 Å². The van der Waals surface area contributed by atoms with Gasteiger partial charge in [0.05, 0.1) is 6.20 Å². The highest BCUT2D eigenvalue weighted by Crippen LogP contribution is 2.33. The van der Waals surface area contributed by atoms with Gasteiger partial charge in [0.15, 0.2) is 23.1 Å². The maximum atomic E-state index is 12.7. The first-order valence-electron chi connectivity index (χ1n) is 10.7. The fourth-order valence-electron chi connectivity index (χ4n) is 4.00. The highest BCUT2D eigenvalue weighted by atomic mass is 35.5. The molecule has 1 amide bonds. The molecule has 166 valence electrons. The zero-order valence-corrected chi connectivity index (χ0v) is 18.4. The van der Waals surface area contributed by atoms with Crippen LogP contribution < -0.4 is 9.47 Å². The van der Waals surface area contributed by atoms with Crippen LogP contribution in [0.15, 0.2) is 53.1 Å². The van der Waals surface area contributed by atoms with Gasteiger partial charge in [0.2, 0.25) is 12.7 Å². The molecule has 0 saturated carbocycles. The molecule has 0 bridgehead atoms. The molecule has 0 spiro atoms. The first-order valence-corrected chi connectivity index (χ1v) is 11.1. The van der Waals surface area contributed by atoms with Crippen molar-refractivity contribution in [2.45, 2.75) is 19.4 Å². The minimum Gasteiger partial charge on any atom is -0.454 e. The van der Waals surface area contributed by atoms with Crippen LogP contribution in [0.2, 0.25) is 5.02 Å². The van der Waals surface area contributed by atoms with Gasteiger partial charge < -0.3 is 18.8 Å². The molecular weight excluding hydrogens is 430 g/mol. The van der Waals surface area contributed by atoms with Crippen molar-refractivity contribution in [2.24, 2.45) is 0 Å². The minimum atomic E-state index is 0.138. The number of fused-ring (bicyclic) bond motifs is 1. The van der Waals surface area contributed by atoms with Crippen LogP contribution >= 0.6 is 11.6 Å². The topological polar surface area (TPSA) is 68.0 Å². The number of aromatic nitrogens is 1. The van der Waals surface area contributed by atoms with Crippen molar-refractivity contribution in [3.8, 4) is 22.8 Å². The Morgan fingerprint density at radius 3 is 2.59 bits per heavy atom. The molecule has 7 nitrogen and oxygen atoms in total. The van der Waals surface area contributed by atoms with Crippen LogP contribution in [0.3, 0.4) is 0 Å². The molecule has 1 fully saturated rings. The van der Waals surface area contributed by atoms with Crippen molar-refractivity contribution >= 4 is 17.5 Å². The maximum absolute atomic E-state index is 12.7. The monoisotopic (exact) mass is 453 g/mol. The van der Waals surface area contributed by atoms with Gasteiger partial charge in [-0.2, -0.15) is 0 Å². The number of halogens is 1. The molecule has 2 aromatic carbocycles. The van der Waals surface area contributed by atoms with Crippen LogP contribution in [0.25, 0.3) is 11.3 Å². The van der Waals surface area contributed by atoms with Gasteiger partial charge in [-0.1, -0.05) is 17.7 Å². The summed E-state index contributed by atoms with van der Waals surface area (Å²) in [5.74, 6) is 3.00. The van der Waals surface area contributed by atoms with Gasteiger partial charge in [0, 0.05) is 56.2 Å². The second-order valence-electron chi connectivity index (χ2n) is 7.97. The average Bonchev–Trinajstić information content (AvgIpc) is 3.48. The summed E-state index contributed by atoms with van der Waals surface area (Å²) in [6, 6.07) is 13.5. The summed E-state index contributed by atoms with van der Waals surface area (Å²) in [6.45, 7) is 4.27. The van der Waals surface area contributed by atoms with Crippen LogP contribution in [0, 0.1) is 0 Å². The maximum Gasteiger partial charge on any atom is 0.231 e. The number of hydrogen-bond acceptors (Lipinski definition) is 6. The van der Waals surface area contributed by atoms with E-state index in [2.05, 4.69) is 16.0 Å². The van der Waals surface area contributed by atoms with E-state index in [4.69, 9.17) is 25.5 Å². The first kappa shape index (κ1) is 20.8. The van der Waals surface area contributed by atoms with Crippen molar-refractivity contribution in [3.05, 3.63) is 65.1 Å². The second kappa shape index (κ2) is 9.22. The number of oxazole rings is 1. The highest BCUT2D eigenvalue weighted by molar-refractivity contribution is 6.30. The quantitative estimate of drug-likeness (QED) is 0.562. The standard InChI is InChI=1S/C24H24ClN3O4/c25-19-4-2-18(3-5-19)22-14-26-23(32-22)7-8-24(29)28-11-9-27(10-12-28)15-17-1-6-20-21(13-17)31-16-30-20/h1-6,13-14H,7-12,15-16H2. The molecular formula is C24H24ClN3O4. The highest BCUT2D eigenvalue weighted by Gasteiger charge is 2.22. The summed E-state index contributed by atoms with van der Waals surface area (Å²) < 4.78 is 16.6. The Hall–Kier alpha value is -3.03. The Morgan fingerprint density at radius 1 is 1.00 bits per heavy atom. The van der Waals surface area contributed by atoms with Crippen LogP contribution in [0.5, 0.6) is 11.5 Å². The number of nitrogens with zero attached hydrogens (tertiary/aromatic N) is 3. The zero-order chi connectivity index (χ0) is 21.9. The van der Waals surface area contributed by atoms with Gasteiger partial charge in [-0.3, -0.25) is 9.69 Å². The molecule has 1 saturated heterocycles. The average molecular weight is 454 g/mol. The molecule has 3 heterocycles. The fourth-order valence-corrected chi connectivity index (χ4v) is 4.12. The van der Waals surface area contributed by atoms with E-state index in [0.29, 0.717) is 29.5 Å². The van der Waals surface area contributed by atoms with Gasteiger partial charge in [0.1, 0.15) is 0 Å². The van der Waals surface area contributed by atoms with E-state index in [1.165, 1.54) is 5.56 Å². The molecule has 32 heavy (non-hydrogen) atoms. The van der Waals surface area contributed by atoms with E-state index < -0.39 is 0 Å². The van der Waals surface area contributed by atoms with Crippen LogP contribution in [0.1, 0.15) is 17.9 Å². The minimum absolute atomic E-state index is 0.138. The molecule has 2 aliphatic rings. The SMILES string of the molecule is O=C(CCc1ncc(-c2ccc(Cl)cc2)o1)N1CCN(Cc2ccc3c(c2)OCO3)CC1. The molecule has 0 radical (unpaired) electrons. The number of aryl methyl sites for hydroxylation is 1. The molecule has 0 N–H and O–H groups in total. The smallest absolute Gasteiger partial charge is 0.231 e. The Bertz CT molecular complexity index is 1090. The number of amides is 1. The zero-order valence-electron chi connectivity index (χ0n) is 17.6. The summed E-state index contributed by atoms with van der Waals surface area (Å²) >= 11 is 5.93. The summed E-state index contributed by atoms with van der Waals surface area (Å²) in [5, 5.41) is 0.676. The van der Waals surface area contributed by atoms with Gasteiger partial charge in [-0.05, 0) is 42.0 Å². The predicted octanol–water partition coefficient (Wildman–Crippen LogP) is 4.00. The number of benzene rings is 2. The van der Waals surface area contributed by atoms with Gasteiger partial charge in [-0.15, -0.1) is 0 Å². The first-order chi connectivity index (χ1) is 15.6. The Kier molecular flexibility index (Phi) is 6.01. The summed E-state index contributed by atoms with van der Waals surface area (Å²) in [6.07, 6.45) is 2.57. The van der Waals surface area contributed by atoms with E-state index in [1.807, 2.05) is 41.3 Å². The third-order valence-electron chi connectivity index (χ3n) is 5.80. The van der Waals surface area contributed by atoms with E-state index in [0.717, 1.165) is 49.8 Å².